The number of hydrogen-bond donors (Lipinski definition) is 0. The Labute approximate surface area is 300 Å². The second-order valence-corrected chi connectivity index (χ2v) is 13.5. The maximum Gasteiger partial charge on any atom is 0.0467 e. The molecule has 1 unspecified atom stereocenters. The summed E-state index contributed by atoms with van der Waals surface area (Å²) in [6.45, 7) is 2.39. The van der Waals surface area contributed by atoms with Crippen molar-refractivity contribution in [1.29, 1.82) is 0 Å². The molecule has 51 heavy (non-hydrogen) atoms. The van der Waals surface area contributed by atoms with Crippen LogP contribution in [0.4, 0.5) is 17.1 Å². The van der Waals surface area contributed by atoms with Crippen LogP contribution in [-0.2, 0) is 5.41 Å². The van der Waals surface area contributed by atoms with Crippen LogP contribution in [0.3, 0.4) is 0 Å². The van der Waals surface area contributed by atoms with Crippen LogP contribution in [0.1, 0.15) is 23.6 Å². The molecule has 1 atom stereocenters. The molecule has 9 rings (SSSR count). The van der Waals surface area contributed by atoms with Crippen molar-refractivity contribution in [2.24, 2.45) is 0 Å². The fourth-order valence-corrected chi connectivity index (χ4v) is 8.04. The maximum atomic E-state index is 2.39. The van der Waals surface area contributed by atoms with Gasteiger partial charge >= 0.3 is 0 Å². The minimum Gasteiger partial charge on any atom is -0.310 e. The van der Waals surface area contributed by atoms with Crippen molar-refractivity contribution in [2.45, 2.75) is 12.3 Å². The summed E-state index contributed by atoms with van der Waals surface area (Å²) in [5, 5.41) is 0. The fourth-order valence-electron chi connectivity index (χ4n) is 8.04. The van der Waals surface area contributed by atoms with E-state index in [1.54, 1.807) is 0 Å². The highest BCUT2D eigenvalue weighted by molar-refractivity contribution is 5.91. The van der Waals surface area contributed by atoms with Crippen LogP contribution in [-0.4, -0.2) is 0 Å². The normalized spacial score (nSPS) is 14.5. The van der Waals surface area contributed by atoms with E-state index in [1.165, 1.54) is 61.2 Å². The molecule has 0 saturated carbocycles. The van der Waals surface area contributed by atoms with Gasteiger partial charge in [-0.15, -0.1) is 0 Å². The van der Waals surface area contributed by atoms with Crippen molar-refractivity contribution < 1.29 is 0 Å². The SMILES string of the molecule is CC1(c2ccccc2)c2ccccc2-c2cccc(-c3ccc(N(c4ccc(-c5ccccc5)cc4)c4cccc(-c5ccccc5)c4)cc3)c21. The van der Waals surface area contributed by atoms with Crippen LogP contribution in [0.15, 0.2) is 206 Å². The van der Waals surface area contributed by atoms with Gasteiger partial charge in [-0.25, -0.2) is 0 Å². The van der Waals surface area contributed by atoms with Gasteiger partial charge in [-0.1, -0.05) is 170 Å². The molecular weight excluding hydrogens is 615 g/mol. The van der Waals surface area contributed by atoms with E-state index in [-0.39, 0.29) is 5.41 Å². The van der Waals surface area contributed by atoms with Gasteiger partial charge in [0.25, 0.3) is 0 Å². The zero-order valence-corrected chi connectivity index (χ0v) is 28.6. The molecule has 0 fully saturated rings. The van der Waals surface area contributed by atoms with Crippen LogP contribution < -0.4 is 4.90 Å². The molecule has 0 heterocycles. The van der Waals surface area contributed by atoms with Crippen LogP contribution in [0, 0.1) is 0 Å². The van der Waals surface area contributed by atoms with Gasteiger partial charge in [0.05, 0.1) is 0 Å². The second kappa shape index (κ2) is 12.8. The van der Waals surface area contributed by atoms with Gasteiger partial charge < -0.3 is 4.90 Å². The van der Waals surface area contributed by atoms with Crippen molar-refractivity contribution in [1.82, 2.24) is 0 Å². The van der Waals surface area contributed by atoms with Crippen molar-refractivity contribution in [3.05, 3.63) is 223 Å². The molecule has 1 heteroatoms. The van der Waals surface area contributed by atoms with Gasteiger partial charge in [-0.05, 0) is 105 Å². The smallest absolute Gasteiger partial charge is 0.0467 e. The highest BCUT2D eigenvalue weighted by atomic mass is 15.1. The molecule has 0 aliphatic heterocycles. The quantitative estimate of drug-likeness (QED) is 0.166. The van der Waals surface area contributed by atoms with Gasteiger partial charge in [0.15, 0.2) is 0 Å². The van der Waals surface area contributed by atoms with E-state index in [1.807, 2.05) is 0 Å². The molecule has 0 radical (unpaired) electrons. The Morgan fingerprint density at radius 1 is 0.333 bits per heavy atom. The Hall–Kier alpha value is -6.44. The van der Waals surface area contributed by atoms with Crippen LogP contribution in [0.2, 0.25) is 0 Å². The van der Waals surface area contributed by atoms with Crippen molar-refractivity contribution in [2.75, 3.05) is 4.90 Å². The van der Waals surface area contributed by atoms with E-state index in [9.17, 15) is 0 Å². The lowest BCUT2D eigenvalue weighted by Gasteiger charge is -2.30. The average molecular weight is 652 g/mol. The molecule has 1 aliphatic rings. The van der Waals surface area contributed by atoms with Gasteiger partial charge in [0.2, 0.25) is 0 Å². The molecular formula is C50H37N. The number of anilines is 3. The first kappa shape index (κ1) is 30.6. The summed E-state index contributed by atoms with van der Waals surface area (Å²) < 4.78 is 0. The second-order valence-electron chi connectivity index (χ2n) is 13.5. The summed E-state index contributed by atoms with van der Waals surface area (Å²) in [7, 11) is 0. The summed E-state index contributed by atoms with van der Waals surface area (Å²) in [5.41, 5.74) is 17.0. The van der Waals surface area contributed by atoms with Gasteiger partial charge in [0.1, 0.15) is 0 Å². The van der Waals surface area contributed by atoms with Gasteiger partial charge in [-0.3, -0.25) is 0 Å². The third-order valence-electron chi connectivity index (χ3n) is 10.6. The lowest BCUT2D eigenvalue weighted by molar-refractivity contribution is 0.716. The molecule has 8 aromatic rings. The molecule has 0 amide bonds. The number of nitrogens with zero attached hydrogens (tertiary/aromatic N) is 1. The third-order valence-corrected chi connectivity index (χ3v) is 10.6. The summed E-state index contributed by atoms with van der Waals surface area (Å²) in [6.07, 6.45) is 0. The molecule has 0 spiro atoms. The number of benzene rings is 8. The molecule has 1 nitrogen and oxygen atoms in total. The van der Waals surface area contributed by atoms with E-state index >= 15 is 0 Å². The largest absolute Gasteiger partial charge is 0.310 e. The Balaban J connectivity index is 1.16. The zero-order chi connectivity index (χ0) is 34.2. The Kier molecular flexibility index (Phi) is 7.67. The summed E-state index contributed by atoms with van der Waals surface area (Å²) in [5.74, 6) is 0. The van der Waals surface area contributed by atoms with Crippen LogP contribution in [0.5, 0.6) is 0 Å². The highest BCUT2D eigenvalue weighted by Crippen LogP contribution is 2.55. The number of fused-ring (bicyclic) bond motifs is 3. The van der Waals surface area contributed by atoms with Crippen molar-refractivity contribution in [3.8, 4) is 44.5 Å². The standard InChI is InChI=1S/C50H37N/c1-50(41-20-9-4-10-21-41)48-26-12-11-23-46(48)47-25-14-24-45(49(47)50)39-29-33-43(34-30-39)51(42-31-27-38(28-32-42)36-15-5-2-6-16-36)44-22-13-19-40(35-44)37-17-7-3-8-18-37/h2-35H,1H3. The lowest BCUT2D eigenvalue weighted by Crippen LogP contribution is -2.23. The fraction of sp³-hybridized carbons (Fsp3) is 0.0400. The van der Waals surface area contributed by atoms with Gasteiger partial charge in [-0.2, -0.15) is 0 Å². The molecule has 0 bridgehead atoms. The Bertz CT molecular complexity index is 2450. The van der Waals surface area contributed by atoms with E-state index in [0.29, 0.717) is 0 Å². The van der Waals surface area contributed by atoms with E-state index in [2.05, 4.69) is 218 Å². The van der Waals surface area contributed by atoms with E-state index < -0.39 is 0 Å². The molecule has 1 aliphatic carbocycles. The molecule has 242 valence electrons. The predicted octanol–water partition coefficient (Wildman–Crippen LogP) is 13.5. The van der Waals surface area contributed by atoms with Gasteiger partial charge in [0, 0.05) is 22.5 Å². The Morgan fingerprint density at radius 2 is 0.804 bits per heavy atom. The van der Waals surface area contributed by atoms with E-state index in [0.717, 1.165) is 17.1 Å². The first-order chi connectivity index (χ1) is 25.2. The summed E-state index contributed by atoms with van der Waals surface area (Å²) >= 11 is 0. The molecule has 0 saturated heterocycles. The Morgan fingerprint density at radius 3 is 1.47 bits per heavy atom. The summed E-state index contributed by atoms with van der Waals surface area (Å²) in [4.78, 5) is 2.37. The number of rotatable bonds is 7. The van der Waals surface area contributed by atoms with Crippen molar-refractivity contribution in [3.63, 3.8) is 0 Å². The minimum atomic E-state index is -0.271. The monoisotopic (exact) mass is 651 g/mol. The predicted molar refractivity (Wildman–Crippen MR) is 215 cm³/mol. The third kappa shape index (κ3) is 5.35. The molecule has 0 N–H and O–H groups in total. The first-order valence-corrected chi connectivity index (χ1v) is 17.7. The highest BCUT2D eigenvalue weighted by Gasteiger charge is 2.42. The average Bonchev–Trinajstić information content (AvgIpc) is 3.49. The molecule has 8 aromatic carbocycles. The maximum absolute atomic E-state index is 2.39. The zero-order valence-electron chi connectivity index (χ0n) is 28.6. The first-order valence-electron chi connectivity index (χ1n) is 17.7. The van der Waals surface area contributed by atoms with Crippen molar-refractivity contribution >= 4 is 17.1 Å². The molecule has 0 aromatic heterocycles. The van der Waals surface area contributed by atoms with Crippen LogP contribution >= 0.6 is 0 Å². The minimum absolute atomic E-state index is 0.271. The van der Waals surface area contributed by atoms with E-state index in [4.69, 9.17) is 0 Å². The summed E-state index contributed by atoms with van der Waals surface area (Å²) in [6, 6.07) is 74.8. The van der Waals surface area contributed by atoms with Crippen LogP contribution in [0.25, 0.3) is 44.5 Å². The lowest BCUT2D eigenvalue weighted by atomic mass is 9.72. The topological polar surface area (TPSA) is 3.24 Å². The number of hydrogen-bond acceptors (Lipinski definition) is 1.